The number of allylic oxidation sites excluding steroid dienone is 1. The first-order valence-electron chi connectivity index (χ1n) is 4.69. The van der Waals surface area contributed by atoms with E-state index in [0.717, 1.165) is 5.57 Å². The van der Waals surface area contributed by atoms with E-state index in [2.05, 4.69) is 27.4 Å². The van der Waals surface area contributed by atoms with E-state index < -0.39 is 0 Å². The second-order valence-electron chi connectivity index (χ2n) is 4.89. The number of hydrogen-bond acceptors (Lipinski definition) is 1. The molecule has 0 aromatic heterocycles. The second-order valence-corrected chi connectivity index (χ2v) is 4.89. The summed E-state index contributed by atoms with van der Waals surface area (Å²) < 4.78 is 0. The molecule has 12 heavy (non-hydrogen) atoms. The SMILES string of the molecule is C=C1C(=O)C(C)C2CC1C2(C)C. The summed E-state index contributed by atoms with van der Waals surface area (Å²) in [7, 11) is 0. The summed E-state index contributed by atoms with van der Waals surface area (Å²) in [5.74, 6) is 1.62. The summed E-state index contributed by atoms with van der Waals surface area (Å²) in [4.78, 5) is 11.6. The van der Waals surface area contributed by atoms with Crippen LogP contribution in [0, 0.1) is 23.2 Å². The van der Waals surface area contributed by atoms with Crippen LogP contribution < -0.4 is 0 Å². The maximum absolute atomic E-state index is 11.6. The van der Waals surface area contributed by atoms with E-state index in [1.54, 1.807) is 0 Å². The van der Waals surface area contributed by atoms with Gasteiger partial charge in [-0.15, -0.1) is 0 Å². The zero-order valence-electron chi connectivity index (χ0n) is 8.05. The Labute approximate surface area is 73.8 Å². The minimum atomic E-state index is 0.220. The van der Waals surface area contributed by atoms with Gasteiger partial charge >= 0.3 is 0 Å². The van der Waals surface area contributed by atoms with Crippen LogP contribution in [0.1, 0.15) is 27.2 Å². The Morgan fingerprint density at radius 1 is 1.50 bits per heavy atom. The van der Waals surface area contributed by atoms with Gasteiger partial charge in [0.1, 0.15) is 0 Å². The average molecular weight is 164 g/mol. The highest BCUT2D eigenvalue weighted by atomic mass is 16.1. The number of Topliss-reactive ketones (excluding diaryl/α,β-unsaturated/α-hetero) is 1. The zero-order valence-corrected chi connectivity index (χ0v) is 8.05. The van der Waals surface area contributed by atoms with E-state index >= 15 is 0 Å². The number of fused-ring (bicyclic) bond motifs is 2. The van der Waals surface area contributed by atoms with Gasteiger partial charge in [0.2, 0.25) is 0 Å². The lowest BCUT2D eigenvalue weighted by atomic mass is 9.44. The largest absolute Gasteiger partial charge is 0.294 e. The normalized spacial score (nSPS) is 44.1. The fourth-order valence-electron chi connectivity index (χ4n) is 3.05. The van der Waals surface area contributed by atoms with Gasteiger partial charge < -0.3 is 0 Å². The summed E-state index contributed by atoms with van der Waals surface area (Å²) in [6.45, 7) is 10.5. The minimum Gasteiger partial charge on any atom is -0.294 e. The molecular weight excluding hydrogens is 148 g/mol. The maximum atomic E-state index is 11.6. The summed E-state index contributed by atoms with van der Waals surface area (Å²) in [6.07, 6.45) is 1.19. The molecule has 0 aliphatic heterocycles. The van der Waals surface area contributed by atoms with Crippen LogP contribution in [0.2, 0.25) is 0 Å². The van der Waals surface area contributed by atoms with Gasteiger partial charge in [0.05, 0.1) is 0 Å². The molecule has 3 unspecified atom stereocenters. The van der Waals surface area contributed by atoms with Crippen LogP contribution in [0.25, 0.3) is 0 Å². The van der Waals surface area contributed by atoms with Gasteiger partial charge in [-0.3, -0.25) is 4.79 Å². The number of carbonyl (C=O) groups is 1. The van der Waals surface area contributed by atoms with Crippen LogP contribution in [-0.2, 0) is 4.79 Å². The van der Waals surface area contributed by atoms with Gasteiger partial charge in [-0.1, -0.05) is 27.4 Å². The van der Waals surface area contributed by atoms with Crippen molar-refractivity contribution in [1.29, 1.82) is 0 Å². The van der Waals surface area contributed by atoms with Crippen molar-refractivity contribution in [2.24, 2.45) is 23.2 Å². The lowest BCUT2D eigenvalue weighted by Crippen LogP contribution is -2.56. The van der Waals surface area contributed by atoms with Crippen molar-refractivity contribution >= 4 is 5.78 Å². The summed E-state index contributed by atoms with van der Waals surface area (Å²) in [5.41, 5.74) is 1.22. The molecule has 2 bridgehead atoms. The van der Waals surface area contributed by atoms with Crippen LogP contribution in [0.4, 0.5) is 0 Å². The lowest BCUT2D eigenvalue weighted by molar-refractivity contribution is -0.139. The molecule has 66 valence electrons. The molecule has 3 aliphatic carbocycles. The Morgan fingerprint density at radius 3 is 2.50 bits per heavy atom. The second kappa shape index (κ2) is 2.01. The van der Waals surface area contributed by atoms with E-state index in [1.165, 1.54) is 6.42 Å². The van der Waals surface area contributed by atoms with Crippen LogP contribution in [-0.4, -0.2) is 5.78 Å². The molecule has 0 heterocycles. The van der Waals surface area contributed by atoms with Crippen molar-refractivity contribution in [3.8, 4) is 0 Å². The summed E-state index contributed by atoms with van der Waals surface area (Å²) in [6, 6.07) is 0. The van der Waals surface area contributed by atoms with Crippen molar-refractivity contribution in [2.75, 3.05) is 0 Å². The van der Waals surface area contributed by atoms with Crippen LogP contribution in [0.3, 0.4) is 0 Å². The van der Waals surface area contributed by atoms with Gasteiger partial charge in [-0.25, -0.2) is 0 Å². The molecule has 0 aromatic rings. The lowest BCUT2D eigenvalue weighted by Gasteiger charge is -2.59. The molecule has 0 radical (unpaired) electrons. The highest BCUT2D eigenvalue weighted by Gasteiger charge is 2.57. The van der Waals surface area contributed by atoms with Crippen molar-refractivity contribution in [1.82, 2.24) is 0 Å². The average Bonchev–Trinajstić information content (AvgIpc) is 1.98. The van der Waals surface area contributed by atoms with Gasteiger partial charge in [0, 0.05) is 5.92 Å². The van der Waals surface area contributed by atoms with Crippen molar-refractivity contribution in [2.45, 2.75) is 27.2 Å². The van der Waals surface area contributed by atoms with Crippen molar-refractivity contribution < 1.29 is 4.79 Å². The smallest absolute Gasteiger partial charge is 0.161 e. The first kappa shape index (κ1) is 8.03. The summed E-state index contributed by atoms with van der Waals surface area (Å²) in [5, 5.41) is 0. The third-order valence-corrected chi connectivity index (χ3v) is 4.10. The Bertz CT molecular complexity index is 262. The van der Waals surface area contributed by atoms with E-state index in [9.17, 15) is 4.79 Å². The Kier molecular flexibility index (Phi) is 1.35. The molecule has 3 atom stereocenters. The van der Waals surface area contributed by atoms with E-state index in [1.807, 2.05) is 0 Å². The zero-order chi connectivity index (χ0) is 9.09. The number of carbonyl (C=O) groups excluding carboxylic acids is 1. The highest BCUT2D eigenvalue weighted by molar-refractivity contribution is 5.99. The van der Waals surface area contributed by atoms with Gasteiger partial charge in [-0.05, 0) is 29.2 Å². The fourth-order valence-corrected chi connectivity index (χ4v) is 3.05. The molecule has 3 rings (SSSR count). The fraction of sp³-hybridized carbons (Fsp3) is 0.727. The third-order valence-electron chi connectivity index (χ3n) is 4.10. The molecule has 3 aliphatic rings. The summed E-state index contributed by atoms with van der Waals surface area (Å²) >= 11 is 0. The molecular formula is C11H16O. The molecule has 1 nitrogen and oxygen atoms in total. The van der Waals surface area contributed by atoms with E-state index in [0.29, 0.717) is 23.0 Å². The first-order chi connectivity index (χ1) is 5.46. The maximum Gasteiger partial charge on any atom is 0.161 e. The predicted octanol–water partition coefficient (Wildman–Crippen LogP) is 2.42. The number of hydrogen-bond donors (Lipinski definition) is 0. The quantitative estimate of drug-likeness (QED) is 0.502. The Morgan fingerprint density at radius 2 is 2.08 bits per heavy atom. The van der Waals surface area contributed by atoms with E-state index in [4.69, 9.17) is 0 Å². The molecule has 1 heteroatoms. The Balaban J connectivity index is 2.36. The standard InChI is InChI=1S/C11H16O/c1-6-8-5-9(11(8,3)4)7(2)10(6)12/h7-9H,1,5H2,2-4H3. The number of rotatable bonds is 0. The minimum absolute atomic E-state index is 0.220. The highest BCUT2D eigenvalue weighted by Crippen LogP contribution is 2.61. The van der Waals surface area contributed by atoms with Crippen LogP contribution in [0.5, 0.6) is 0 Å². The van der Waals surface area contributed by atoms with Gasteiger partial charge in [0.25, 0.3) is 0 Å². The van der Waals surface area contributed by atoms with Gasteiger partial charge in [0.15, 0.2) is 5.78 Å². The van der Waals surface area contributed by atoms with Crippen LogP contribution >= 0.6 is 0 Å². The Hall–Kier alpha value is -0.590. The molecule has 3 saturated carbocycles. The molecule has 3 fully saturated rings. The van der Waals surface area contributed by atoms with Gasteiger partial charge in [-0.2, -0.15) is 0 Å². The number of ketones is 1. The molecule has 0 aromatic carbocycles. The topological polar surface area (TPSA) is 17.1 Å². The van der Waals surface area contributed by atoms with Crippen LogP contribution in [0.15, 0.2) is 12.2 Å². The van der Waals surface area contributed by atoms with E-state index in [-0.39, 0.29) is 5.92 Å². The van der Waals surface area contributed by atoms with Crippen molar-refractivity contribution in [3.63, 3.8) is 0 Å². The molecule has 0 N–H and O–H groups in total. The molecule has 0 spiro atoms. The first-order valence-corrected chi connectivity index (χ1v) is 4.69. The van der Waals surface area contributed by atoms with Crippen molar-refractivity contribution in [3.05, 3.63) is 12.2 Å². The third kappa shape index (κ3) is 0.675. The molecule has 0 amide bonds. The monoisotopic (exact) mass is 164 g/mol. The predicted molar refractivity (Wildman–Crippen MR) is 48.7 cm³/mol. The molecule has 0 saturated heterocycles.